The standard InChI is InChI=1S/C22H21ClFN3O2/c23-21-7-5-15-12-17(4-6-19(15)26-21)22(28)25-14-20(27-8-10-29-11-9-27)16-2-1-3-18(24)13-16/h1-7,12-13,20H,8-11,14H2,(H,25,28). The number of carbonyl (C=O) groups is 1. The van der Waals surface area contributed by atoms with Gasteiger partial charge in [-0.25, -0.2) is 9.37 Å². The lowest BCUT2D eigenvalue weighted by atomic mass is 10.0. The summed E-state index contributed by atoms with van der Waals surface area (Å²) in [6, 6.07) is 15.2. The van der Waals surface area contributed by atoms with Gasteiger partial charge < -0.3 is 10.1 Å². The molecule has 7 heteroatoms. The Hall–Kier alpha value is -2.54. The Balaban J connectivity index is 1.51. The van der Waals surface area contributed by atoms with Crippen molar-refractivity contribution in [2.24, 2.45) is 0 Å². The SMILES string of the molecule is O=C(NCC(c1cccc(F)c1)N1CCOCC1)c1ccc2nc(Cl)ccc2c1. The van der Waals surface area contributed by atoms with Crippen molar-refractivity contribution in [2.45, 2.75) is 6.04 Å². The second-order valence-corrected chi connectivity index (χ2v) is 7.36. The van der Waals surface area contributed by atoms with Crippen LogP contribution >= 0.6 is 11.6 Å². The summed E-state index contributed by atoms with van der Waals surface area (Å²) in [5.74, 6) is -0.468. The quantitative estimate of drug-likeness (QED) is 0.646. The number of hydrogen-bond acceptors (Lipinski definition) is 4. The van der Waals surface area contributed by atoms with Crippen molar-refractivity contribution in [2.75, 3.05) is 32.8 Å². The van der Waals surface area contributed by atoms with Gasteiger partial charge in [0.1, 0.15) is 11.0 Å². The van der Waals surface area contributed by atoms with Crippen molar-refractivity contribution in [3.63, 3.8) is 0 Å². The van der Waals surface area contributed by atoms with Crippen LogP contribution in [-0.4, -0.2) is 48.6 Å². The Labute approximate surface area is 173 Å². The lowest BCUT2D eigenvalue weighted by Gasteiger charge is -2.35. The van der Waals surface area contributed by atoms with Crippen LogP contribution in [0.2, 0.25) is 5.15 Å². The number of hydrogen-bond donors (Lipinski definition) is 1. The third kappa shape index (κ3) is 4.72. The summed E-state index contributed by atoms with van der Waals surface area (Å²) in [5.41, 5.74) is 2.12. The fraction of sp³-hybridized carbons (Fsp3) is 0.273. The number of carbonyl (C=O) groups excluding carboxylic acids is 1. The van der Waals surface area contributed by atoms with Crippen LogP contribution in [0.5, 0.6) is 0 Å². The number of pyridine rings is 1. The van der Waals surface area contributed by atoms with Crippen molar-refractivity contribution < 1.29 is 13.9 Å². The largest absolute Gasteiger partial charge is 0.379 e. The van der Waals surface area contributed by atoms with Gasteiger partial charge in [0.25, 0.3) is 5.91 Å². The number of nitrogens with one attached hydrogen (secondary N) is 1. The van der Waals surface area contributed by atoms with Crippen molar-refractivity contribution in [3.05, 3.63) is 76.7 Å². The number of morpholine rings is 1. The fourth-order valence-electron chi connectivity index (χ4n) is 3.59. The van der Waals surface area contributed by atoms with Crippen LogP contribution in [0.1, 0.15) is 22.0 Å². The van der Waals surface area contributed by atoms with E-state index in [2.05, 4.69) is 15.2 Å². The van der Waals surface area contributed by atoms with Crippen LogP contribution in [0.25, 0.3) is 10.9 Å². The third-order valence-electron chi connectivity index (χ3n) is 5.09. The van der Waals surface area contributed by atoms with E-state index >= 15 is 0 Å². The molecule has 0 spiro atoms. The molecule has 2 heterocycles. The zero-order valence-electron chi connectivity index (χ0n) is 15.8. The summed E-state index contributed by atoms with van der Waals surface area (Å²) in [5, 5.41) is 4.26. The Morgan fingerprint density at radius 2 is 2.00 bits per heavy atom. The van der Waals surface area contributed by atoms with Crippen LogP contribution in [0.15, 0.2) is 54.6 Å². The Morgan fingerprint density at radius 1 is 1.17 bits per heavy atom. The van der Waals surface area contributed by atoms with Gasteiger partial charge in [-0.1, -0.05) is 23.7 Å². The molecule has 1 N–H and O–H groups in total. The van der Waals surface area contributed by atoms with Crippen molar-refractivity contribution in [1.29, 1.82) is 0 Å². The number of ether oxygens (including phenoxy) is 1. The number of rotatable bonds is 5. The monoisotopic (exact) mass is 413 g/mol. The molecule has 1 aliphatic heterocycles. The predicted molar refractivity (Wildman–Crippen MR) is 111 cm³/mol. The van der Waals surface area contributed by atoms with Crippen LogP contribution in [-0.2, 0) is 4.74 Å². The van der Waals surface area contributed by atoms with Gasteiger partial charge in [-0.3, -0.25) is 9.69 Å². The average Bonchev–Trinajstić information content (AvgIpc) is 2.74. The first-order valence-corrected chi connectivity index (χ1v) is 9.90. The minimum Gasteiger partial charge on any atom is -0.379 e. The summed E-state index contributed by atoms with van der Waals surface area (Å²) in [6.07, 6.45) is 0. The molecular formula is C22H21ClFN3O2. The molecule has 4 rings (SSSR count). The highest BCUT2D eigenvalue weighted by atomic mass is 35.5. The molecule has 1 unspecified atom stereocenters. The number of amides is 1. The van der Waals surface area contributed by atoms with Gasteiger partial charge in [0.05, 0.1) is 24.8 Å². The van der Waals surface area contributed by atoms with Gasteiger partial charge >= 0.3 is 0 Å². The maximum atomic E-state index is 13.8. The van der Waals surface area contributed by atoms with E-state index in [1.807, 2.05) is 12.1 Å². The van der Waals surface area contributed by atoms with Gasteiger partial charge in [-0.2, -0.15) is 0 Å². The second-order valence-electron chi connectivity index (χ2n) is 6.97. The van der Waals surface area contributed by atoms with E-state index in [0.29, 0.717) is 30.5 Å². The van der Waals surface area contributed by atoms with E-state index in [0.717, 1.165) is 29.6 Å². The zero-order valence-corrected chi connectivity index (χ0v) is 16.5. The first-order valence-electron chi connectivity index (χ1n) is 9.52. The zero-order chi connectivity index (χ0) is 20.2. The van der Waals surface area contributed by atoms with E-state index < -0.39 is 0 Å². The van der Waals surface area contributed by atoms with Crippen LogP contribution < -0.4 is 5.32 Å². The molecule has 1 saturated heterocycles. The highest BCUT2D eigenvalue weighted by Gasteiger charge is 2.23. The summed E-state index contributed by atoms with van der Waals surface area (Å²) in [6.45, 7) is 3.10. The van der Waals surface area contributed by atoms with E-state index in [4.69, 9.17) is 16.3 Å². The number of fused-ring (bicyclic) bond motifs is 1. The average molecular weight is 414 g/mol. The summed E-state index contributed by atoms with van der Waals surface area (Å²) < 4.78 is 19.2. The van der Waals surface area contributed by atoms with E-state index in [9.17, 15) is 9.18 Å². The number of halogens is 2. The molecule has 5 nitrogen and oxygen atoms in total. The van der Waals surface area contributed by atoms with Crippen molar-refractivity contribution in [1.82, 2.24) is 15.2 Å². The minimum atomic E-state index is -0.284. The van der Waals surface area contributed by atoms with Crippen LogP contribution in [0.4, 0.5) is 4.39 Å². The molecule has 0 aliphatic carbocycles. The Kier molecular flexibility index (Phi) is 6.04. The molecule has 29 heavy (non-hydrogen) atoms. The maximum absolute atomic E-state index is 13.8. The van der Waals surface area contributed by atoms with E-state index in [-0.39, 0.29) is 17.8 Å². The highest BCUT2D eigenvalue weighted by molar-refractivity contribution is 6.29. The molecule has 1 aromatic heterocycles. The molecular weight excluding hydrogens is 393 g/mol. The van der Waals surface area contributed by atoms with Gasteiger partial charge in [0, 0.05) is 30.6 Å². The highest BCUT2D eigenvalue weighted by Crippen LogP contribution is 2.23. The predicted octanol–water partition coefficient (Wildman–Crippen LogP) is 3.83. The second kappa shape index (κ2) is 8.86. The molecule has 3 aromatic rings. The number of benzene rings is 2. The minimum absolute atomic E-state index is 0.125. The molecule has 1 fully saturated rings. The summed E-state index contributed by atoms with van der Waals surface area (Å²) >= 11 is 5.92. The number of nitrogens with zero attached hydrogens (tertiary/aromatic N) is 2. The lowest BCUT2D eigenvalue weighted by Crippen LogP contribution is -2.43. The fourth-order valence-corrected chi connectivity index (χ4v) is 3.75. The van der Waals surface area contributed by atoms with Crippen LogP contribution in [0, 0.1) is 5.82 Å². The normalized spacial score (nSPS) is 15.9. The maximum Gasteiger partial charge on any atom is 0.251 e. The smallest absolute Gasteiger partial charge is 0.251 e. The molecule has 2 aromatic carbocycles. The molecule has 150 valence electrons. The first kappa shape index (κ1) is 19.8. The number of aromatic nitrogens is 1. The molecule has 1 amide bonds. The topological polar surface area (TPSA) is 54.5 Å². The molecule has 0 radical (unpaired) electrons. The molecule has 1 aliphatic rings. The van der Waals surface area contributed by atoms with Gasteiger partial charge in [0.15, 0.2) is 0 Å². The van der Waals surface area contributed by atoms with Gasteiger partial charge in [-0.05, 0) is 48.0 Å². The van der Waals surface area contributed by atoms with Crippen LogP contribution in [0.3, 0.4) is 0 Å². The first-order chi connectivity index (χ1) is 14.1. The van der Waals surface area contributed by atoms with Gasteiger partial charge in [-0.15, -0.1) is 0 Å². The molecule has 0 bridgehead atoms. The Bertz CT molecular complexity index is 1020. The van der Waals surface area contributed by atoms with E-state index in [1.54, 1.807) is 30.3 Å². The van der Waals surface area contributed by atoms with Crippen molar-refractivity contribution in [3.8, 4) is 0 Å². The van der Waals surface area contributed by atoms with Gasteiger partial charge in [0.2, 0.25) is 0 Å². The van der Waals surface area contributed by atoms with E-state index in [1.165, 1.54) is 12.1 Å². The molecule has 0 saturated carbocycles. The lowest BCUT2D eigenvalue weighted by molar-refractivity contribution is 0.0162. The summed E-state index contributed by atoms with van der Waals surface area (Å²) in [4.78, 5) is 19.2. The molecule has 1 atom stereocenters. The Morgan fingerprint density at radius 3 is 2.79 bits per heavy atom. The third-order valence-corrected chi connectivity index (χ3v) is 5.30. The summed E-state index contributed by atoms with van der Waals surface area (Å²) in [7, 11) is 0. The van der Waals surface area contributed by atoms with Crippen molar-refractivity contribution >= 4 is 28.4 Å².